The molecule has 3 aliphatic heterocycles. The second kappa shape index (κ2) is 14.4. The molecule has 5 aliphatic carbocycles. The summed E-state index contributed by atoms with van der Waals surface area (Å²) in [6, 6.07) is 0. The van der Waals surface area contributed by atoms with Crippen molar-refractivity contribution in [1.29, 1.82) is 0 Å². The standard InChI is InChI=1S/C44H70O14/c1-22-30(49)34(58-37-35(55-23(2)47)32(51)31(50)24(19-45)56-37)33(52)36(54-22)57-29-11-12-39(5)25(40(29,6)20-46)9-13-41(7)26(39)10-14-44-27-17-38(3,4)15-16-43(27,21-53-44)28(48)18-42(41,44)8/h10,14,22,24-37,45-46,48-52H,9,11-13,15-21H2,1-8H3/t22-,24-,25+,26+,27+,28-,29+,30-,31-,32+,33-,34+,35-,36+,37+,39-,40-,41+,42+,43-,44+/m0/s1. The molecular formula is C44H70O14. The molecule has 3 saturated heterocycles. The molecule has 0 radical (unpaired) electrons. The minimum atomic E-state index is -1.69. The Hall–Kier alpha value is -1.27. The Balaban J connectivity index is 1.05. The lowest BCUT2D eigenvalue weighted by molar-refractivity contribution is -0.368. The Morgan fingerprint density at radius 1 is 0.793 bits per heavy atom. The summed E-state index contributed by atoms with van der Waals surface area (Å²) in [5.41, 5.74) is -2.00. The zero-order chi connectivity index (χ0) is 42.2. The summed E-state index contributed by atoms with van der Waals surface area (Å²) in [6.07, 6.45) is -3.57. The van der Waals surface area contributed by atoms with E-state index in [1.807, 2.05) is 0 Å². The first-order chi connectivity index (χ1) is 27.1. The number of carbonyl (C=O) groups is 1. The van der Waals surface area contributed by atoms with Gasteiger partial charge in [-0.2, -0.15) is 0 Å². The lowest BCUT2D eigenvalue weighted by Gasteiger charge is -2.73. The van der Waals surface area contributed by atoms with Crippen LogP contribution in [0.4, 0.5) is 0 Å². The van der Waals surface area contributed by atoms with Crippen LogP contribution in [0.3, 0.4) is 0 Å². The lowest BCUT2D eigenvalue weighted by Crippen LogP contribution is -2.72. The summed E-state index contributed by atoms with van der Waals surface area (Å²) in [4.78, 5) is 12.0. The molecule has 4 saturated carbocycles. The van der Waals surface area contributed by atoms with Crippen molar-refractivity contribution < 1.29 is 69.0 Å². The fraction of sp³-hybridized carbons (Fsp3) is 0.932. The zero-order valence-electron chi connectivity index (χ0n) is 35.6. The van der Waals surface area contributed by atoms with Crippen LogP contribution in [0, 0.1) is 50.2 Å². The molecule has 14 nitrogen and oxygen atoms in total. The van der Waals surface area contributed by atoms with Gasteiger partial charge in [-0.1, -0.05) is 53.7 Å². The SMILES string of the molecule is CC(=O)O[C@@H]1[C@@H](O[C@H]2[C@H](O)[C@@H](O[C@@H]3CC[C@@]4(C)[C@@H](CC[C@]5(C)[C@@H]4C=C[C@@]46OC[C@]7(CCC(C)(C)C[C@H]74)[C@@H](O)C[C@]56C)[C@]3(C)CO)O[C@@H](C)[C@@H]2O)O[C@@H](CO)[C@H](O)[C@H]1O. The largest absolute Gasteiger partial charge is 0.454 e. The van der Waals surface area contributed by atoms with E-state index in [1.54, 1.807) is 6.92 Å². The van der Waals surface area contributed by atoms with Crippen molar-refractivity contribution in [3.8, 4) is 0 Å². The number of hydrogen-bond donors (Lipinski definition) is 7. The van der Waals surface area contributed by atoms with Crippen molar-refractivity contribution in [3.05, 3.63) is 12.2 Å². The summed E-state index contributed by atoms with van der Waals surface area (Å²) in [7, 11) is 0. The summed E-state index contributed by atoms with van der Waals surface area (Å²) < 4.78 is 36.9. The number of aliphatic hydroxyl groups excluding tert-OH is 7. The van der Waals surface area contributed by atoms with Gasteiger partial charge in [0.15, 0.2) is 18.7 Å². The Morgan fingerprint density at radius 3 is 2.19 bits per heavy atom. The van der Waals surface area contributed by atoms with Crippen LogP contribution in [-0.2, 0) is 33.2 Å². The van der Waals surface area contributed by atoms with Gasteiger partial charge in [-0.3, -0.25) is 4.79 Å². The van der Waals surface area contributed by atoms with Crippen molar-refractivity contribution >= 4 is 5.97 Å². The number of aliphatic hydroxyl groups is 7. The fourth-order valence-corrected chi connectivity index (χ4v) is 14.6. The monoisotopic (exact) mass is 822 g/mol. The minimum absolute atomic E-state index is 0.0223. The molecule has 0 aromatic rings. The first-order valence-electron chi connectivity index (χ1n) is 21.8. The van der Waals surface area contributed by atoms with Crippen LogP contribution in [0.25, 0.3) is 0 Å². The van der Waals surface area contributed by atoms with Gasteiger partial charge >= 0.3 is 5.97 Å². The van der Waals surface area contributed by atoms with Gasteiger partial charge in [0.2, 0.25) is 0 Å². The molecule has 0 unspecified atom stereocenters. The fourth-order valence-electron chi connectivity index (χ4n) is 14.6. The lowest BCUT2D eigenvalue weighted by atomic mass is 9.32. The molecule has 14 heteroatoms. The van der Waals surface area contributed by atoms with Crippen molar-refractivity contribution in [2.75, 3.05) is 19.8 Å². The van der Waals surface area contributed by atoms with Crippen LogP contribution in [0.5, 0.6) is 0 Å². The molecule has 0 amide bonds. The third-order valence-electron chi connectivity index (χ3n) is 18.2. The van der Waals surface area contributed by atoms with Crippen LogP contribution in [-0.4, -0.2) is 141 Å². The molecule has 0 aromatic carbocycles. The highest BCUT2D eigenvalue weighted by atomic mass is 16.7. The maximum atomic E-state index is 12.2. The predicted molar refractivity (Wildman–Crippen MR) is 206 cm³/mol. The highest BCUT2D eigenvalue weighted by Crippen LogP contribution is 2.79. The first-order valence-corrected chi connectivity index (χ1v) is 21.8. The summed E-state index contributed by atoms with van der Waals surface area (Å²) in [5.74, 6) is -0.382. The number of fused-ring (bicyclic) bond motifs is 4. The van der Waals surface area contributed by atoms with Gasteiger partial charge < -0.3 is 64.2 Å². The smallest absolute Gasteiger partial charge is 0.303 e. The van der Waals surface area contributed by atoms with Gasteiger partial charge in [-0.15, -0.1) is 0 Å². The Labute approximate surface area is 342 Å². The predicted octanol–water partition coefficient (Wildman–Crippen LogP) is 2.35. The van der Waals surface area contributed by atoms with E-state index in [0.29, 0.717) is 19.4 Å². The van der Waals surface area contributed by atoms with Gasteiger partial charge in [0.1, 0.15) is 36.6 Å². The molecule has 8 aliphatic rings. The molecule has 1 spiro atoms. The Kier molecular flexibility index (Phi) is 10.8. The average molecular weight is 823 g/mol. The van der Waals surface area contributed by atoms with Crippen LogP contribution in [0.2, 0.25) is 0 Å². The highest BCUT2D eigenvalue weighted by Gasteiger charge is 2.79. The van der Waals surface area contributed by atoms with Gasteiger partial charge in [0.05, 0.1) is 43.7 Å². The number of carbonyl (C=O) groups excluding carboxylic acids is 1. The molecule has 7 fully saturated rings. The molecule has 0 aromatic heterocycles. The maximum Gasteiger partial charge on any atom is 0.303 e. The van der Waals surface area contributed by atoms with Crippen LogP contribution >= 0.6 is 0 Å². The van der Waals surface area contributed by atoms with Crippen molar-refractivity contribution in [3.63, 3.8) is 0 Å². The number of rotatable bonds is 7. The topological polar surface area (TPSA) is 214 Å². The third kappa shape index (κ3) is 5.89. The van der Waals surface area contributed by atoms with Gasteiger partial charge in [-0.05, 0) is 86.4 Å². The van der Waals surface area contributed by atoms with E-state index in [1.165, 1.54) is 0 Å². The van der Waals surface area contributed by atoms with E-state index in [-0.39, 0.29) is 51.4 Å². The normalized spacial score (nSPS) is 57.1. The van der Waals surface area contributed by atoms with E-state index >= 15 is 0 Å². The van der Waals surface area contributed by atoms with Crippen molar-refractivity contribution in [1.82, 2.24) is 0 Å². The van der Waals surface area contributed by atoms with Gasteiger partial charge in [0.25, 0.3) is 0 Å². The second-order valence-corrected chi connectivity index (χ2v) is 21.5. The van der Waals surface area contributed by atoms with E-state index in [2.05, 4.69) is 53.7 Å². The molecule has 8 rings (SSSR count). The van der Waals surface area contributed by atoms with Crippen molar-refractivity contribution in [2.45, 2.75) is 186 Å². The van der Waals surface area contributed by atoms with E-state index in [0.717, 1.165) is 45.4 Å². The van der Waals surface area contributed by atoms with E-state index in [4.69, 9.17) is 28.4 Å². The number of hydrogen-bond acceptors (Lipinski definition) is 14. The Morgan fingerprint density at radius 2 is 1.52 bits per heavy atom. The third-order valence-corrected chi connectivity index (χ3v) is 18.2. The highest BCUT2D eigenvalue weighted by molar-refractivity contribution is 5.66. The van der Waals surface area contributed by atoms with Crippen LogP contribution < -0.4 is 0 Å². The number of esters is 1. The maximum absolute atomic E-state index is 12.2. The summed E-state index contributed by atoms with van der Waals surface area (Å²) in [5, 5.41) is 77.6. The minimum Gasteiger partial charge on any atom is -0.454 e. The summed E-state index contributed by atoms with van der Waals surface area (Å²) >= 11 is 0. The zero-order valence-corrected chi connectivity index (χ0v) is 35.6. The van der Waals surface area contributed by atoms with Crippen molar-refractivity contribution in [2.24, 2.45) is 50.2 Å². The number of ether oxygens (including phenoxy) is 6. The number of allylic oxidation sites excluding steroid dienone is 1. The summed E-state index contributed by atoms with van der Waals surface area (Å²) in [6.45, 7) is 16.4. The van der Waals surface area contributed by atoms with Crippen LogP contribution in [0.1, 0.15) is 107 Å². The van der Waals surface area contributed by atoms with E-state index in [9.17, 15) is 40.5 Å². The average Bonchev–Trinajstić information content (AvgIpc) is 3.44. The molecule has 3 heterocycles. The quantitative estimate of drug-likeness (QED) is 0.112. The molecule has 58 heavy (non-hydrogen) atoms. The molecule has 21 atom stereocenters. The Bertz CT molecular complexity index is 1610. The molecule has 2 bridgehead atoms. The van der Waals surface area contributed by atoms with Gasteiger partial charge in [0, 0.05) is 29.1 Å². The molecular weight excluding hydrogens is 752 g/mol. The van der Waals surface area contributed by atoms with E-state index < -0.39 is 97.2 Å². The second-order valence-electron chi connectivity index (χ2n) is 21.5. The molecule has 330 valence electrons. The molecule has 7 N–H and O–H groups in total. The first kappa shape index (κ1) is 43.4. The van der Waals surface area contributed by atoms with Gasteiger partial charge in [-0.25, -0.2) is 0 Å². The van der Waals surface area contributed by atoms with Crippen LogP contribution in [0.15, 0.2) is 12.2 Å².